The van der Waals surface area contributed by atoms with Crippen LogP contribution in [0.2, 0.25) is 5.15 Å². The highest BCUT2D eigenvalue weighted by atomic mass is 35.5. The van der Waals surface area contributed by atoms with E-state index in [0.717, 1.165) is 31.7 Å². The average Bonchev–Trinajstić information content (AvgIpc) is 2.29. The van der Waals surface area contributed by atoms with Crippen molar-refractivity contribution in [1.29, 1.82) is 0 Å². The van der Waals surface area contributed by atoms with E-state index in [-0.39, 0.29) is 6.04 Å². The molecule has 0 amide bonds. The van der Waals surface area contributed by atoms with Crippen LogP contribution in [0.15, 0.2) is 12.4 Å². The highest BCUT2D eigenvalue weighted by Crippen LogP contribution is 2.19. The molecule has 4 nitrogen and oxygen atoms in total. The van der Waals surface area contributed by atoms with Crippen molar-refractivity contribution in [2.75, 3.05) is 18.0 Å². The van der Waals surface area contributed by atoms with Crippen LogP contribution in [0, 0.1) is 6.57 Å². The van der Waals surface area contributed by atoms with E-state index in [2.05, 4.69) is 19.7 Å². The number of piperidine rings is 1. The topological polar surface area (TPSA) is 33.4 Å². The van der Waals surface area contributed by atoms with Crippen LogP contribution in [-0.4, -0.2) is 29.1 Å². The van der Waals surface area contributed by atoms with E-state index in [4.69, 9.17) is 18.2 Å². The van der Waals surface area contributed by atoms with Crippen LogP contribution in [0.1, 0.15) is 12.8 Å². The lowest BCUT2D eigenvalue weighted by Gasteiger charge is -2.27. The second kappa shape index (κ2) is 4.45. The largest absolute Gasteiger partial charge is 0.355 e. The third-order valence-corrected chi connectivity index (χ3v) is 2.75. The predicted octanol–water partition coefficient (Wildman–Crippen LogP) is 2.02. The molecule has 0 aromatic carbocycles. The predicted molar refractivity (Wildman–Crippen MR) is 58.9 cm³/mol. The van der Waals surface area contributed by atoms with E-state index in [1.54, 1.807) is 6.20 Å². The van der Waals surface area contributed by atoms with Gasteiger partial charge >= 0.3 is 0 Å². The number of halogens is 1. The summed E-state index contributed by atoms with van der Waals surface area (Å²) in [7, 11) is 0. The fourth-order valence-corrected chi connectivity index (χ4v) is 1.85. The monoisotopic (exact) mass is 222 g/mol. The number of aromatic nitrogens is 2. The number of rotatable bonds is 1. The van der Waals surface area contributed by atoms with Crippen LogP contribution in [0.25, 0.3) is 4.85 Å². The Hall–Kier alpha value is -1.34. The molecule has 0 radical (unpaired) electrons. The molecule has 1 saturated heterocycles. The first kappa shape index (κ1) is 10.2. The van der Waals surface area contributed by atoms with Crippen molar-refractivity contribution in [1.82, 2.24) is 9.97 Å². The van der Waals surface area contributed by atoms with Gasteiger partial charge in [-0.1, -0.05) is 11.6 Å². The maximum absolute atomic E-state index is 6.96. The summed E-state index contributed by atoms with van der Waals surface area (Å²) in [6.07, 6.45) is 5.04. The third kappa shape index (κ3) is 2.37. The number of nitrogens with zero attached hydrogens (tertiary/aromatic N) is 4. The molecule has 1 aliphatic heterocycles. The van der Waals surface area contributed by atoms with Gasteiger partial charge in [-0.3, -0.25) is 4.98 Å². The van der Waals surface area contributed by atoms with Crippen molar-refractivity contribution in [3.8, 4) is 0 Å². The molecule has 2 rings (SSSR count). The Bertz CT molecular complexity index is 379. The summed E-state index contributed by atoms with van der Waals surface area (Å²) in [6, 6.07) is 0.174. The Labute approximate surface area is 93.7 Å². The zero-order chi connectivity index (χ0) is 10.7. The van der Waals surface area contributed by atoms with Gasteiger partial charge < -0.3 is 9.74 Å². The Morgan fingerprint density at radius 2 is 2.13 bits per heavy atom. The highest BCUT2D eigenvalue weighted by Gasteiger charge is 2.23. The average molecular weight is 223 g/mol. The van der Waals surface area contributed by atoms with Gasteiger partial charge in [0.2, 0.25) is 6.04 Å². The molecular weight excluding hydrogens is 212 g/mol. The molecule has 0 aliphatic carbocycles. The van der Waals surface area contributed by atoms with Crippen molar-refractivity contribution < 1.29 is 0 Å². The maximum Gasteiger partial charge on any atom is 0.227 e. The molecule has 1 aromatic heterocycles. The van der Waals surface area contributed by atoms with Crippen LogP contribution in [0.4, 0.5) is 5.82 Å². The number of hydrogen-bond acceptors (Lipinski definition) is 3. The van der Waals surface area contributed by atoms with Crippen molar-refractivity contribution in [2.24, 2.45) is 0 Å². The van der Waals surface area contributed by atoms with Crippen LogP contribution in [0.3, 0.4) is 0 Å². The van der Waals surface area contributed by atoms with E-state index in [1.807, 2.05) is 0 Å². The fraction of sp³-hybridized carbons (Fsp3) is 0.500. The van der Waals surface area contributed by atoms with Crippen molar-refractivity contribution in [2.45, 2.75) is 18.9 Å². The molecule has 0 spiro atoms. The molecule has 5 heteroatoms. The van der Waals surface area contributed by atoms with Crippen LogP contribution in [-0.2, 0) is 0 Å². The van der Waals surface area contributed by atoms with Crippen molar-refractivity contribution in [3.63, 3.8) is 0 Å². The quantitative estimate of drug-likeness (QED) is 0.682. The fourth-order valence-electron chi connectivity index (χ4n) is 1.71. The zero-order valence-electron chi connectivity index (χ0n) is 8.23. The molecule has 0 unspecified atom stereocenters. The lowest BCUT2D eigenvalue weighted by atomic mass is 10.1. The molecule has 1 fully saturated rings. The first-order valence-electron chi connectivity index (χ1n) is 4.88. The van der Waals surface area contributed by atoms with Crippen LogP contribution in [0.5, 0.6) is 0 Å². The lowest BCUT2D eigenvalue weighted by molar-refractivity contribution is 0.544. The van der Waals surface area contributed by atoms with Gasteiger partial charge in [0.1, 0.15) is 11.0 Å². The molecule has 78 valence electrons. The van der Waals surface area contributed by atoms with Crippen LogP contribution >= 0.6 is 11.6 Å². The molecule has 1 aromatic rings. The van der Waals surface area contributed by atoms with Gasteiger partial charge in [-0.05, 0) is 0 Å². The summed E-state index contributed by atoms with van der Waals surface area (Å²) < 4.78 is 0. The zero-order valence-corrected chi connectivity index (χ0v) is 8.98. The Morgan fingerprint density at radius 3 is 2.73 bits per heavy atom. The highest BCUT2D eigenvalue weighted by molar-refractivity contribution is 6.29. The normalized spacial score (nSPS) is 17.5. The van der Waals surface area contributed by atoms with Crippen molar-refractivity contribution >= 4 is 17.4 Å². The Kier molecular flexibility index (Phi) is 3.02. The van der Waals surface area contributed by atoms with Gasteiger partial charge in [0.05, 0.1) is 12.4 Å². The van der Waals surface area contributed by atoms with E-state index in [0.29, 0.717) is 5.15 Å². The minimum Gasteiger partial charge on any atom is -0.355 e. The van der Waals surface area contributed by atoms with E-state index in [9.17, 15) is 0 Å². The molecule has 1 aliphatic rings. The van der Waals surface area contributed by atoms with Gasteiger partial charge in [0.15, 0.2) is 0 Å². The van der Waals surface area contributed by atoms with E-state index >= 15 is 0 Å². The summed E-state index contributed by atoms with van der Waals surface area (Å²) >= 11 is 5.77. The number of anilines is 1. The summed E-state index contributed by atoms with van der Waals surface area (Å²) in [4.78, 5) is 13.9. The Balaban J connectivity index is 2.05. The summed E-state index contributed by atoms with van der Waals surface area (Å²) in [5, 5.41) is 0.416. The minimum atomic E-state index is 0.174. The Morgan fingerprint density at radius 1 is 1.40 bits per heavy atom. The summed E-state index contributed by atoms with van der Waals surface area (Å²) in [6.45, 7) is 8.69. The standard InChI is InChI=1S/C10H11ClN4/c1-12-8-2-4-15(5-3-8)10-7-13-6-9(11)14-10/h6-8H,2-5H2. The van der Waals surface area contributed by atoms with E-state index < -0.39 is 0 Å². The third-order valence-electron chi connectivity index (χ3n) is 2.56. The second-order valence-electron chi connectivity index (χ2n) is 3.55. The number of hydrogen-bond donors (Lipinski definition) is 0. The molecule has 0 saturated carbocycles. The SMILES string of the molecule is [C-]#[N+]C1CCN(c2cncc(Cl)n2)CC1. The summed E-state index contributed by atoms with van der Waals surface area (Å²) in [5.41, 5.74) is 0. The van der Waals surface area contributed by atoms with Gasteiger partial charge in [-0.25, -0.2) is 11.6 Å². The van der Waals surface area contributed by atoms with Gasteiger partial charge in [-0.15, -0.1) is 0 Å². The molecule has 0 N–H and O–H groups in total. The molecule has 15 heavy (non-hydrogen) atoms. The van der Waals surface area contributed by atoms with Gasteiger partial charge in [0.25, 0.3) is 0 Å². The first-order valence-corrected chi connectivity index (χ1v) is 5.26. The van der Waals surface area contributed by atoms with E-state index in [1.165, 1.54) is 6.20 Å². The van der Waals surface area contributed by atoms with Gasteiger partial charge in [-0.2, -0.15) is 0 Å². The molecular formula is C10H11ClN4. The minimum absolute atomic E-state index is 0.174. The summed E-state index contributed by atoms with van der Waals surface area (Å²) in [5.74, 6) is 0.811. The smallest absolute Gasteiger partial charge is 0.227 e. The second-order valence-corrected chi connectivity index (χ2v) is 3.93. The van der Waals surface area contributed by atoms with Crippen molar-refractivity contribution in [3.05, 3.63) is 29.0 Å². The molecule has 0 bridgehead atoms. The maximum atomic E-state index is 6.96. The lowest BCUT2D eigenvalue weighted by Crippen LogP contribution is -2.35. The molecule has 0 atom stereocenters. The van der Waals surface area contributed by atoms with Gasteiger partial charge in [0, 0.05) is 25.9 Å². The molecule has 2 heterocycles. The first-order chi connectivity index (χ1) is 7.29. The van der Waals surface area contributed by atoms with Crippen LogP contribution < -0.4 is 4.90 Å².